The maximum absolute atomic E-state index is 5.74. The van der Waals surface area contributed by atoms with Gasteiger partial charge in [-0.3, -0.25) is 4.68 Å². The van der Waals surface area contributed by atoms with Gasteiger partial charge in [-0.15, -0.1) is 12.4 Å². The molecule has 4 N–H and O–H groups in total. The van der Waals surface area contributed by atoms with Crippen LogP contribution < -0.4 is 11.5 Å². The number of nitrogens with two attached hydrogens (primary N) is 2. The lowest BCUT2D eigenvalue weighted by atomic mass is 10.6. The molecule has 0 spiro atoms. The highest BCUT2D eigenvalue weighted by Gasteiger charge is 2.03. The van der Waals surface area contributed by atoms with Gasteiger partial charge in [0.25, 0.3) is 0 Å². The molecule has 0 aliphatic carbocycles. The average Bonchev–Trinajstić information content (AvgIpc) is 2.18. The zero-order valence-electron chi connectivity index (χ0n) is 6.36. The number of halogens is 2. The Hall–Kier alpha value is -0.940. The first-order valence-corrected chi connectivity index (χ1v) is 3.26. The van der Waals surface area contributed by atoms with Crippen LogP contribution in [-0.2, 0) is 7.05 Å². The molecule has 0 bridgehead atoms. The molecule has 0 unspecified atom stereocenters. The fourth-order valence-corrected chi connectivity index (χ4v) is 0.760. The van der Waals surface area contributed by atoms with Crippen molar-refractivity contribution in [3.63, 3.8) is 0 Å². The van der Waals surface area contributed by atoms with E-state index in [1.165, 1.54) is 10.9 Å². The minimum atomic E-state index is -0.0279. The first-order chi connectivity index (χ1) is 5.11. The zero-order chi connectivity index (χ0) is 8.43. The molecule has 1 rings (SSSR count). The predicted molar refractivity (Wildman–Crippen MR) is 50.9 cm³/mol. The van der Waals surface area contributed by atoms with Crippen molar-refractivity contribution < 1.29 is 0 Å². The number of rotatable bonds is 1. The standard InChI is InChI=1S/C5H8ClN5.ClH/c1-11-4(6)3(2-9-11)10-5(7)8;/h2H,1H3,(H4,7,8,10);1H. The van der Waals surface area contributed by atoms with E-state index in [0.29, 0.717) is 10.8 Å². The number of nitrogens with zero attached hydrogens (tertiary/aromatic N) is 3. The summed E-state index contributed by atoms with van der Waals surface area (Å²) < 4.78 is 1.48. The quantitative estimate of drug-likeness (QED) is 0.519. The molecule has 1 heterocycles. The number of aromatic nitrogens is 2. The van der Waals surface area contributed by atoms with Crippen LogP contribution in [0.2, 0.25) is 5.15 Å². The molecular weight excluding hydrogens is 201 g/mol. The summed E-state index contributed by atoms with van der Waals surface area (Å²) in [6, 6.07) is 0. The van der Waals surface area contributed by atoms with Crippen LogP contribution in [0.5, 0.6) is 0 Å². The van der Waals surface area contributed by atoms with E-state index >= 15 is 0 Å². The molecule has 68 valence electrons. The summed E-state index contributed by atoms with van der Waals surface area (Å²) in [7, 11) is 1.70. The van der Waals surface area contributed by atoms with Gasteiger partial charge in [0.1, 0.15) is 5.69 Å². The molecule has 0 atom stereocenters. The summed E-state index contributed by atoms with van der Waals surface area (Å²) in [5.41, 5.74) is 10.8. The molecule has 1 aromatic heterocycles. The molecule has 0 saturated carbocycles. The Labute approximate surface area is 80.8 Å². The Balaban J connectivity index is 0.00000121. The molecule has 0 amide bonds. The normalized spacial score (nSPS) is 8.83. The van der Waals surface area contributed by atoms with Crippen LogP contribution >= 0.6 is 24.0 Å². The third-order valence-corrected chi connectivity index (χ3v) is 1.54. The van der Waals surface area contributed by atoms with Crippen LogP contribution in [0.25, 0.3) is 0 Å². The molecule has 1 aromatic rings. The Morgan fingerprint density at radius 2 is 2.25 bits per heavy atom. The molecule has 0 fully saturated rings. The van der Waals surface area contributed by atoms with Gasteiger partial charge in [0, 0.05) is 7.05 Å². The number of guanidine groups is 1. The lowest BCUT2D eigenvalue weighted by molar-refractivity contribution is 0.769. The van der Waals surface area contributed by atoms with E-state index in [1.54, 1.807) is 7.05 Å². The van der Waals surface area contributed by atoms with Crippen molar-refractivity contribution in [2.45, 2.75) is 0 Å². The second-order valence-electron chi connectivity index (χ2n) is 1.98. The van der Waals surface area contributed by atoms with Gasteiger partial charge in [-0.25, -0.2) is 4.99 Å². The van der Waals surface area contributed by atoms with Crippen LogP contribution in [0.1, 0.15) is 0 Å². The lowest BCUT2D eigenvalue weighted by Gasteiger charge is -1.91. The highest BCUT2D eigenvalue weighted by Crippen LogP contribution is 2.22. The van der Waals surface area contributed by atoms with Crippen molar-refractivity contribution >= 4 is 35.7 Å². The summed E-state index contributed by atoms with van der Waals surface area (Å²) in [4.78, 5) is 3.74. The third-order valence-electron chi connectivity index (χ3n) is 1.10. The van der Waals surface area contributed by atoms with Gasteiger partial charge in [0.05, 0.1) is 6.20 Å². The molecule has 5 nitrogen and oxygen atoms in total. The number of aliphatic imine (C=N–C) groups is 1. The van der Waals surface area contributed by atoms with Gasteiger partial charge in [-0.2, -0.15) is 5.10 Å². The van der Waals surface area contributed by atoms with Gasteiger partial charge >= 0.3 is 0 Å². The maximum atomic E-state index is 5.74. The highest BCUT2D eigenvalue weighted by molar-refractivity contribution is 6.32. The van der Waals surface area contributed by atoms with Crippen LogP contribution in [0.4, 0.5) is 5.69 Å². The molecule has 0 aromatic carbocycles. The van der Waals surface area contributed by atoms with E-state index in [0.717, 1.165) is 0 Å². The van der Waals surface area contributed by atoms with Gasteiger partial charge in [-0.1, -0.05) is 11.6 Å². The lowest BCUT2D eigenvalue weighted by Crippen LogP contribution is -2.21. The third kappa shape index (κ3) is 2.28. The molecule has 0 aliphatic heterocycles. The number of hydrogen-bond acceptors (Lipinski definition) is 2. The van der Waals surface area contributed by atoms with Crippen molar-refractivity contribution in [1.29, 1.82) is 0 Å². The van der Waals surface area contributed by atoms with Crippen molar-refractivity contribution in [2.75, 3.05) is 0 Å². The van der Waals surface area contributed by atoms with E-state index in [2.05, 4.69) is 10.1 Å². The smallest absolute Gasteiger partial charge is 0.191 e. The van der Waals surface area contributed by atoms with Crippen molar-refractivity contribution in [3.8, 4) is 0 Å². The molecule has 0 radical (unpaired) electrons. The highest BCUT2D eigenvalue weighted by atomic mass is 35.5. The molecule has 12 heavy (non-hydrogen) atoms. The fourth-order valence-electron chi connectivity index (χ4n) is 0.625. The topological polar surface area (TPSA) is 82.2 Å². The summed E-state index contributed by atoms with van der Waals surface area (Å²) in [6.45, 7) is 0. The van der Waals surface area contributed by atoms with Gasteiger partial charge < -0.3 is 11.5 Å². The summed E-state index contributed by atoms with van der Waals surface area (Å²) in [5, 5.41) is 4.25. The van der Waals surface area contributed by atoms with Gasteiger partial charge in [-0.05, 0) is 0 Å². The van der Waals surface area contributed by atoms with Crippen molar-refractivity contribution in [1.82, 2.24) is 9.78 Å². The van der Waals surface area contributed by atoms with Crippen LogP contribution in [0, 0.1) is 0 Å². The monoisotopic (exact) mass is 209 g/mol. The summed E-state index contributed by atoms with van der Waals surface area (Å²) in [5.74, 6) is -0.0279. The minimum Gasteiger partial charge on any atom is -0.370 e. The second-order valence-corrected chi connectivity index (χ2v) is 2.34. The minimum absolute atomic E-state index is 0. The Morgan fingerprint density at radius 3 is 2.58 bits per heavy atom. The second kappa shape index (κ2) is 4.18. The SMILES string of the molecule is Cl.Cn1ncc(N=C(N)N)c1Cl. The van der Waals surface area contributed by atoms with E-state index < -0.39 is 0 Å². The molecule has 0 saturated heterocycles. The summed E-state index contributed by atoms with van der Waals surface area (Å²) in [6.07, 6.45) is 1.49. The Morgan fingerprint density at radius 1 is 1.67 bits per heavy atom. The Bertz CT molecular complexity index is 288. The van der Waals surface area contributed by atoms with Crippen LogP contribution in [0.3, 0.4) is 0 Å². The van der Waals surface area contributed by atoms with Crippen molar-refractivity contribution in [3.05, 3.63) is 11.3 Å². The summed E-state index contributed by atoms with van der Waals surface area (Å²) >= 11 is 5.74. The van der Waals surface area contributed by atoms with Crippen LogP contribution in [0.15, 0.2) is 11.2 Å². The van der Waals surface area contributed by atoms with E-state index in [1.807, 2.05) is 0 Å². The molecule has 0 aliphatic rings. The van der Waals surface area contributed by atoms with E-state index in [9.17, 15) is 0 Å². The largest absolute Gasteiger partial charge is 0.370 e. The van der Waals surface area contributed by atoms with E-state index in [-0.39, 0.29) is 18.4 Å². The van der Waals surface area contributed by atoms with Crippen molar-refractivity contribution in [2.24, 2.45) is 23.5 Å². The van der Waals surface area contributed by atoms with Gasteiger partial charge in [0.2, 0.25) is 0 Å². The van der Waals surface area contributed by atoms with Crippen LogP contribution in [-0.4, -0.2) is 15.7 Å². The zero-order valence-corrected chi connectivity index (χ0v) is 7.93. The molecule has 7 heteroatoms. The van der Waals surface area contributed by atoms with Gasteiger partial charge in [0.15, 0.2) is 11.1 Å². The average molecular weight is 210 g/mol. The number of aryl methyl sites for hydroxylation is 1. The predicted octanol–water partition coefficient (Wildman–Crippen LogP) is 0.400. The van der Waals surface area contributed by atoms with E-state index in [4.69, 9.17) is 23.1 Å². The Kier molecular flexibility index (Phi) is 3.85. The molecular formula is C5H9Cl2N5. The maximum Gasteiger partial charge on any atom is 0.191 e. The first kappa shape index (κ1) is 11.1. The fraction of sp³-hybridized carbons (Fsp3) is 0.200. The first-order valence-electron chi connectivity index (χ1n) is 2.88. The number of hydrogen-bond donors (Lipinski definition) is 2.